The van der Waals surface area contributed by atoms with Crippen molar-refractivity contribution in [1.29, 1.82) is 5.26 Å². The number of carbonyl (C=O) groups is 1. The standard InChI is InChI=1S/C25H22ClN3OS/c1-16-10-12-17(13-11-16)28-23(30)15-31-25-21(14-27)18-6-2-3-7-19(18)24(29-25)20-8-4-5-9-22(20)26/h4-5,8-13H,2-3,6-7,15H2,1H3,(H,28,30). The minimum atomic E-state index is -0.128. The molecule has 0 saturated carbocycles. The average Bonchev–Trinajstić information content (AvgIpc) is 2.79. The lowest BCUT2D eigenvalue weighted by atomic mass is 9.86. The van der Waals surface area contributed by atoms with E-state index in [2.05, 4.69) is 11.4 Å². The number of thioether (sulfide) groups is 1. The first-order valence-corrected chi connectivity index (χ1v) is 11.6. The van der Waals surface area contributed by atoms with Crippen molar-refractivity contribution < 1.29 is 4.79 Å². The number of aryl methyl sites for hydroxylation is 1. The molecule has 156 valence electrons. The quantitative estimate of drug-likeness (QED) is 0.473. The van der Waals surface area contributed by atoms with Crippen LogP contribution in [0, 0.1) is 18.3 Å². The molecule has 6 heteroatoms. The summed E-state index contributed by atoms with van der Waals surface area (Å²) in [5, 5.41) is 14.0. The number of nitrogens with zero attached hydrogens (tertiary/aromatic N) is 2. The van der Waals surface area contributed by atoms with Crippen molar-refractivity contribution in [2.45, 2.75) is 37.6 Å². The van der Waals surface area contributed by atoms with E-state index >= 15 is 0 Å². The zero-order chi connectivity index (χ0) is 21.8. The SMILES string of the molecule is Cc1ccc(NC(=O)CSc2nc(-c3ccccc3Cl)c3c(c2C#N)CCCC3)cc1. The normalized spacial score (nSPS) is 12.7. The van der Waals surface area contributed by atoms with E-state index in [1.807, 2.05) is 55.5 Å². The van der Waals surface area contributed by atoms with Gasteiger partial charge in [-0.2, -0.15) is 5.26 Å². The molecule has 1 aromatic heterocycles. The molecule has 0 saturated heterocycles. The summed E-state index contributed by atoms with van der Waals surface area (Å²) in [6.07, 6.45) is 3.85. The van der Waals surface area contributed by atoms with Crippen LogP contribution in [-0.4, -0.2) is 16.6 Å². The minimum absolute atomic E-state index is 0.128. The molecular formula is C25H22ClN3OS. The zero-order valence-electron chi connectivity index (χ0n) is 17.2. The van der Waals surface area contributed by atoms with Crippen LogP contribution in [0.1, 0.15) is 35.1 Å². The summed E-state index contributed by atoms with van der Waals surface area (Å²) in [6.45, 7) is 2.00. The minimum Gasteiger partial charge on any atom is -0.325 e. The molecule has 1 N–H and O–H groups in total. The van der Waals surface area contributed by atoms with E-state index in [9.17, 15) is 10.1 Å². The monoisotopic (exact) mass is 447 g/mol. The molecule has 0 radical (unpaired) electrons. The maximum atomic E-state index is 12.5. The molecule has 3 aromatic rings. The Kier molecular flexibility index (Phi) is 6.60. The first-order valence-electron chi connectivity index (χ1n) is 10.3. The highest BCUT2D eigenvalue weighted by Gasteiger charge is 2.24. The lowest BCUT2D eigenvalue weighted by Crippen LogP contribution is -2.15. The van der Waals surface area contributed by atoms with E-state index in [0.717, 1.165) is 59.3 Å². The van der Waals surface area contributed by atoms with Gasteiger partial charge in [0.1, 0.15) is 11.1 Å². The molecule has 4 rings (SSSR count). The van der Waals surface area contributed by atoms with Gasteiger partial charge < -0.3 is 5.32 Å². The predicted octanol–water partition coefficient (Wildman–Crippen LogP) is 6.19. The maximum absolute atomic E-state index is 12.5. The lowest BCUT2D eigenvalue weighted by molar-refractivity contribution is -0.113. The molecular weight excluding hydrogens is 426 g/mol. The van der Waals surface area contributed by atoms with E-state index in [-0.39, 0.29) is 11.7 Å². The van der Waals surface area contributed by atoms with E-state index in [1.165, 1.54) is 11.8 Å². The average molecular weight is 448 g/mol. The fourth-order valence-corrected chi connectivity index (χ4v) is 4.89. The summed E-state index contributed by atoms with van der Waals surface area (Å²) < 4.78 is 0. The van der Waals surface area contributed by atoms with Crippen molar-refractivity contribution >= 4 is 35.0 Å². The number of rotatable bonds is 5. The number of pyridine rings is 1. The van der Waals surface area contributed by atoms with Gasteiger partial charge in [-0.1, -0.05) is 59.3 Å². The van der Waals surface area contributed by atoms with Crippen molar-refractivity contribution in [2.75, 3.05) is 11.1 Å². The van der Waals surface area contributed by atoms with Gasteiger partial charge >= 0.3 is 0 Å². The first-order chi connectivity index (χ1) is 15.1. The number of carbonyl (C=O) groups excluding carboxylic acids is 1. The van der Waals surface area contributed by atoms with E-state index < -0.39 is 0 Å². The van der Waals surface area contributed by atoms with Crippen molar-refractivity contribution in [3.63, 3.8) is 0 Å². The Balaban J connectivity index is 1.64. The molecule has 4 nitrogen and oxygen atoms in total. The molecule has 1 aliphatic carbocycles. The molecule has 1 heterocycles. The van der Waals surface area contributed by atoms with Gasteiger partial charge in [0.25, 0.3) is 0 Å². The van der Waals surface area contributed by atoms with Crippen LogP contribution in [-0.2, 0) is 17.6 Å². The Bertz CT molecular complexity index is 1170. The Labute approximate surface area is 191 Å². The number of hydrogen-bond donors (Lipinski definition) is 1. The van der Waals surface area contributed by atoms with Crippen LogP contribution >= 0.6 is 23.4 Å². The summed E-state index contributed by atoms with van der Waals surface area (Å²) in [6, 6.07) is 17.7. The third-order valence-corrected chi connectivity index (χ3v) is 6.70. The number of benzene rings is 2. The predicted molar refractivity (Wildman–Crippen MR) is 127 cm³/mol. The topological polar surface area (TPSA) is 65.8 Å². The van der Waals surface area contributed by atoms with Crippen molar-refractivity contribution in [2.24, 2.45) is 0 Å². The van der Waals surface area contributed by atoms with Crippen LogP contribution in [0.15, 0.2) is 53.6 Å². The smallest absolute Gasteiger partial charge is 0.234 e. The molecule has 1 amide bonds. The molecule has 0 atom stereocenters. The summed E-state index contributed by atoms with van der Waals surface area (Å²) in [5.41, 5.74) is 6.37. The van der Waals surface area contributed by atoms with Crippen LogP contribution in [0.4, 0.5) is 5.69 Å². The molecule has 0 spiro atoms. The lowest BCUT2D eigenvalue weighted by Gasteiger charge is -2.22. The largest absolute Gasteiger partial charge is 0.325 e. The highest BCUT2D eigenvalue weighted by Crippen LogP contribution is 2.38. The van der Waals surface area contributed by atoms with Crippen LogP contribution in [0.3, 0.4) is 0 Å². The van der Waals surface area contributed by atoms with Crippen molar-refractivity contribution in [3.8, 4) is 17.3 Å². The second-order valence-electron chi connectivity index (χ2n) is 7.60. The number of fused-ring (bicyclic) bond motifs is 1. The molecule has 0 fully saturated rings. The third kappa shape index (κ3) is 4.76. The van der Waals surface area contributed by atoms with Crippen LogP contribution in [0.2, 0.25) is 5.02 Å². The van der Waals surface area contributed by atoms with Crippen molar-refractivity contribution in [3.05, 3.63) is 75.8 Å². The summed E-state index contributed by atoms with van der Waals surface area (Å²) in [4.78, 5) is 17.4. The molecule has 31 heavy (non-hydrogen) atoms. The van der Waals surface area contributed by atoms with Crippen LogP contribution < -0.4 is 5.32 Å². The zero-order valence-corrected chi connectivity index (χ0v) is 18.8. The molecule has 0 bridgehead atoms. The first kappa shape index (κ1) is 21.4. The second kappa shape index (κ2) is 9.55. The second-order valence-corrected chi connectivity index (χ2v) is 8.97. The van der Waals surface area contributed by atoms with Gasteiger partial charge in [-0.3, -0.25) is 4.79 Å². The molecule has 2 aromatic carbocycles. The van der Waals surface area contributed by atoms with E-state index in [0.29, 0.717) is 15.6 Å². The molecule has 0 unspecified atom stereocenters. The van der Waals surface area contributed by atoms with Crippen LogP contribution in [0.5, 0.6) is 0 Å². The van der Waals surface area contributed by atoms with Gasteiger partial charge in [0.05, 0.1) is 17.0 Å². The number of nitriles is 1. The summed E-state index contributed by atoms with van der Waals surface area (Å²) in [5.74, 6) is 0.0487. The van der Waals surface area contributed by atoms with E-state index in [4.69, 9.17) is 16.6 Å². The number of aromatic nitrogens is 1. The highest BCUT2D eigenvalue weighted by atomic mass is 35.5. The third-order valence-electron chi connectivity index (χ3n) is 5.40. The number of hydrogen-bond acceptors (Lipinski definition) is 4. The molecule has 0 aliphatic heterocycles. The Morgan fingerprint density at radius 1 is 1.13 bits per heavy atom. The van der Waals surface area contributed by atoms with Gasteiger partial charge in [-0.25, -0.2) is 4.98 Å². The Morgan fingerprint density at radius 2 is 1.84 bits per heavy atom. The van der Waals surface area contributed by atoms with Gasteiger partial charge in [0.15, 0.2) is 0 Å². The highest BCUT2D eigenvalue weighted by molar-refractivity contribution is 8.00. The summed E-state index contributed by atoms with van der Waals surface area (Å²) >= 11 is 7.78. The summed E-state index contributed by atoms with van der Waals surface area (Å²) in [7, 11) is 0. The number of anilines is 1. The van der Waals surface area contributed by atoms with Crippen LogP contribution in [0.25, 0.3) is 11.3 Å². The Hall–Kier alpha value is -2.81. The fourth-order valence-electron chi connectivity index (χ4n) is 3.86. The molecule has 1 aliphatic rings. The maximum Gasteiger partial charge on any atom is 0.234 e. The van der Waals surface area contributed by atoms with E-state index in [1.54, 1.807) is 0 Å². The Morgan fingerprint density at radius 3 is 2.55 bits per heavy atom. The number of amides is 1. The van der Waals surface area contributed by atoms with Gasteiger partial charge in [0, 0.05) is 16.3 Å². The number of nitrogens with one attached hydrogen (secondary N) is 1. The fraction of sp³-hybridized carbons (Fsp3) is 0.240. The van der Waals surface area contributed by atoms with Gasteiger partial charge in [-0.15, -0.1) is 0 Å². The van der Waals surface area contributed by atoms with Crippen molar-refractivity contribution in [1.82, 2.24) is 4.98 Å². The van der Waals surface area contributed by atoms with Gasteiger partial charge in [-0.05, 0) is 61.9 Å². The van der Waals surface area contributed by atoms with Gasteiger partial charge in [0.2, 0.25) is 5.91 Å². The number of halogens is 1.